The van der Waals surface area contributed by atoms with Crippen LogP contribution < -0.4 is 4.74 Å². The number of benzene rings is 1. The monoisotopic (exact) mass is 209 g/mol. The van der Waals surface area contributed by atoms with Gasteiger partial charge in [-0.3, -0.25) is 0 Å². The average molecular weight is 209 g/mol. The lowest BCUT2D eigenvalue weighted by Gasteiger charge is -2.19. The van der Waals surface area contributed by atoms with Gasteiger partial charge >= 0.3 is 0 Å². The van der Waals surface area contributed by atoms with E-state index in [0.717, 1.165) is 17.9 Å². The maximum Gasteiger partial charge on any atom is 0.119 e. The summed E-state index contributed by atoms with van der Waals surface area (Å²) in [6.45, 7) is 0.995. The van der Waals surface area contributed by atoms with Gasteiger partial charge in [-0.2, -0.15) is 0 Å². The molecule has 0 spiro atoms. The van der Waals surface area contributed by atoms with Crippen LogP contribution in [-0.4, -0.2) is 44.4 Å². The molecule has 84 valence electrons. The Balaban J connectivity index is 2.81. The van der Waals surface area contributed by atoms with E-state index in [-0.39, 0.29) is 12.5 Å². The molecule has 0 bridgehead atoms. The van der Waals surface area contributed by atoms with E-state index in [1.54, 1.807) is 7.11 Å². The number of methoxy groups -OCH3 is 1. The van der Waals surface area contributed by atoms with Crippen molar-refractivity contribution in [1.82, 2.24) is 4.90 Å². The first-order chi connectivity index (χ1) is 7.17. The summed E-state index contributed by atoms with van der Waals surface area (Å²) < 4.78 is 5.16. The van der Waals surface area contributed by atoms with Crippen LogP contribution in [-0.2, 0) is 0 Å². The van der Waals surface area contributed by atoms with Crippen molar-refractivity contribution in [2.75, 3.05) is 34.4 Å². The fraction of sp³-hybridized carbons (Fsp3) is 0.500. The van der Waals surface area contributed by atoms with E-state index < -0.39 is 0 Å². The summed E-state index contributed by atoms with van der Waals surface area (Å²) in [4.78, 5) is 2.07. The van der Waals surface area contributed by atoms with Gasteiger partial charge in [0.1, 0.15) is 5.75 Å². The molecule has 1 aromatic carbocycles. The zero-order chi connectivity index (χ0) is 11.3. The van der Waals surface area contributed by atoms with Crippen molar-refractivity contribution in [3.05, 3.63) is 29.8 Å². The molecule has 15 heavy (non-hydrogen) atoms. The Kier molecular flexibility index (Phi) is 4.59. The summed E-state index contributed by atoms with van der Waals surface area (Å²) in [7, 11) is 5.66. The summed E-state index contributed by atoms with van der Waals surface area (Å²) >= 11 is 0. The third kappa shape index (κ3) is 3.53. The highest BCUT2D eigenvalue weighted by Crippen LogP contribution is 2.20. The van der Waals surface area contributed by atoms with Crippen LogP contribution in [0.1, 0.15) is 11.5 Å². The Morgan fingerprint density at radius 2 is 2.13 bits per heavy atom. The SMILES string of the molecule is COc1cccc(C(CO)CN(C)C)c1. The summed E-state index contributed by atoms with van der Waals surface area (Å²) in [5.74, 6) is 0.986. The number of aliphatic hydroxyl groups is 1. The number of aliphatic hydroxyl groups excluding tert-OH is 1. The van der Waals surface area contributed by atoms with Gasteiger partial charge < -0.3 is 14.7 Å². The first-order valence-electron chi connectivity index (χ1n) is 5.07. The predicted octanol–water partition coefficient (Wildman–Crippen LogP) is 1.33. The number of hydrogen-bond donors (Lipinski definition) is 1. The van der Waals surface area contributed by atoms with Gasteiger partial charge in [0.2, 0.25) is 0 Å². The summed E-state index contributed by atoms with van der Waals surface area (Å²) in [5, 5.41) is 9.32. The van der Waals surface area contributed by atoms with Crippen LogP contribution in [0, 0.1) is 0 Å². The van der Waals surface area contributed by atoms with Crippen LogP contribution in [0.4, 0.5) is 0 Å². The number of rotatable bonds is 5. The van der Waals surface area contributed by atoms with E-state index in [4.69, 9.17) is 4.74 Å². The van der Waals surface area contributed by atoms with E-state index in [1.165, 1.54) is 0 Å². The summed E-state index contributed by atoms with van der Waals surface area (Å²) in [5.41, 5.74) is 1.12. The average Bonchev–Trinajstić information content (AvgIpc) is 2.25. The Morgan fingerprint density at radius 1 is 1.40 bits per heavy atom. The van der Waals surface area contributed by atoms with Gasteiger partial charge in [0.15, 0.2) is 0 Å². The molecule has 0 fully saturated rings. The fourth-order valence-corrected chi connectivity index (χ4v) is 1.60. The molecule has 0 amide bonds. The van der Waals surface area contributed by atoms with Crippen molar-refractivity contribution in [3.8, 4) is 5.75 Å². The van der Waals surface area contributed by atoms with Crippen LogP contribution in [0.25, 0.3) is 0 Å². The van der Waals surface area contributed by atoms with Gasteiger partial charge in [-0.25, -0.2) is 0 Å². The van der Waals surface area contributed by atoms with Crippen molar-refractivity contribution < 1.29 is 9.84 Å². The molecule has 3 nitrogen and oxygen atoms in total. The van der Waals surface area contributed by atoms with E-state index in [9.17, 15) is 5.11 Å². The molecule has 0 aliphatic rings. The lowest BCUT2D eigenvalue weighted by atomic mass is 9.99. The Morgan fingerprint density at radius 3 is 2.67 bits per heavy atom. The highest BCUT2D eigenvalue weighted by Gasteiger charge is 2.11. The molecule has 0 saturated carbocycles. The smallest absolute Gasteiger partial charge is 0.119 e. The van der Waals surface area contributed by atoms with Gasteiger partial charge in [-0.15, -0.1) is 0 Å². The van der Waals surface area contributed by atoms with Crippen molar-refractivity contribution >= 4 is 0 Å². The van der Waals surface area contributed by atoms with Gasteiger partial charge in [0.25, 0.3) is 0 Å². The molecule has 3 heteroatoms. The first-order valence-corrected chi connectivity index (χ1v) is 5.07. The third-order valence-electron chi connectivity index (χ3n) is 2.37. The number of hydrogen-bond acceptors (Lipinski definition) is 3. The Labute approximate surface area is 91.3 Å². The fourth-order valence-electron chi connectivity index (χ4n) is 1.60. The molecule has 1 rings (SSSR count). The van der Waals surface area contributed by atoms with Gasteiger partial charge in [-0.1, -0.05) is 12.1 Å². The molecule has 0 heterocycles. The largest absolute Gasteiger partial charge is 0.497 e. The zero-order valence-electron chi connectivity index (χ0n) is 9.60. The van der Waals surface area contributed by atoms with Crippen molar-refractivity contribution in [2.24, 2.45) is 0 Å². The van der Waals surface area contributed by atoms with E-state index in [1.807, 2.05) is 38.4 Å². The second kappa shape index (κ2) is 5.73. The highest BCUT2D eigenvalue weighted by molar-refractivity contribution is 5.31. The zero-order valence-corrected chi connectivity index (χ0v) is 9.60. The molecule has 0 aromatic heterocycles. The van der Waals surface area contributed by atoms with Crippen LogP contribution in [0.5, 0.6) is 5.75 Å². The lowest BCUT2D eigenvalue weighted by Crippen LogP contribution is -2.22. The highest BCUT2D eigenvalue weighted by atomic mass is 16.5. The molecule has 1 aromatic rings. The number of nitrogens with zero attached hydrogens (tertiary/aromatic N) is 1. The van der Waals surface area contributed by atoms with Gasteiger partial charge in [-0.05, 0) is 31.8 Å². The molecule has 1 atom stereocenters. The lowest BCUT2D eigenvalue weighted by molar-refractivity contribution is 0.234. The number of likely N-dealkylation sites (N-methyl/N-ethyl adjacent to an activating group) is 1. The van der Waals surface area contributed by atoms with Crippen molar-refractivity contribution in [3.63, 3.8) is 0 Å². The Hall–Kier alpha value is -1.06. The topological polar surface area (TPSA) is 32.7 Å². The van der Waals surface area contributed by atoms with Gasteiger partial charge in [0.05, 0.1) is 13.7 Å². The molecule has 1 N–H and O–H groups in total. The normalized spacial score (nSPS) is 12.9. The summed E-state index contributed by atoms with van der Waals surface area (Å²) in [6.07, 6.45) is 0. The quantitative estimate of drug-likeness (QED) is 0.794. The number of ether oxygens (including phenoxy) is 1. The molecule has 0 radical (unpaired) electrons. The Bertz CT molecular complexity index is 299. The van der Waals surface area contributed by atoms with Gasteiger partial charge in [0, 0.05) is 12.5 Å². The van der Waals surface area contributed by atoms with Crippen LogP contribution in [0.3, 0.4) is 0 Å². The minimum Gasteiger partial charge on any atom is -0.497 e. The molecule has 1 unspecified atom stereocenters. The van der Waals surface area contributed by atoms with E-state index in [2.05, 4.69) is 4.90 Å². The third-order valence-corrected chi connectivity index (χ3v) is 2.37. The first kappa shape index (κ1) is 12.0. The van der Waals surface area contributed by atoms with E-state index >= 15 is 0 Å². The maximum absolute atomic E-state index is 9.32. The molecule has 0 saturated heterocycles. The molecule has 0 aliphatic heterocycles. The van der Waals surface area contributed by atoms with E-state index in [0.29, 0.717) is 0 Å². The molecular formula is C12H19NO2. The second-order valence-corrected chi connectivity index (χ2v) is 3.92. The molecule has 0 aliphatic carbocycles. The standard InChI is InChI=1S/C12H19NO2/c1-13(2)8-11(9-14)10-5-4-6-12(7-10)15-3/h4-7,11,14H,8-9H2,1-3H3. The minimum absolute atomic E-state index is 0.148. The van der Waals surface area contributed by atoms with Crippen LogP contribution >= 0.6 is 0 Å². The van der Waals surface area contributed by atoms with Crippen molar-refractivity contribution in [1.29, 1.82) is 0 Å². The molecular weight excluding hydrogens is 190 g/mol. The minimum atomic E-state index is 0.148. The van der Waals surface area contributed by atoms with Crippen LogP contribution in [0.15, 0.2) is 24.3 Å². The maximum atomic E-state index is 9.32. The van der Waals surface area contributed by atoms with Crippen LogP contribution in [0.2, 0.25) is 0 Å². The predicted molar refractivity (Wildman–Crippen MR) is 61.4 cm³/mol. The van der Waals surface area contributed by atoms with Crippen molar-refractivity contribution in [2.45, 2.75) is 5.92 Å². The second-order valence-electron chi connectivity index (χ2n) is 3.92. The summed E-state index contributed by atoms with van der Waals surface area (Å²) in [6, 6.07) is 7.86.